The monoisotopic (exact) mass is 412 g/mol. The number of anilines is 2. The normalized spacial score (nSPS) is 17.7. The Kier molecular flexibility index (Phi) is 6.17. The highest BCUT2D eigenvalue weighted by Crippen LogP contribution is 2.42. The molecule has 0 aromatic heterocycles. The summed E-state index contributed by atoms with van der Waals surface area (Å²) in [5.74, 6) is 0.167. The Bertz CT molecular complexity index is 1050. The van der Waals surface area contributed by atoms with Crippen LogP contribution in [0.5, 0.6) is 0 Å². The number of hydrogen-bond donors (Lipinski definition) is 0. The molecule has 1 aliphatic rings. The van der Waals surface area contributed by atoms with Crippen LogP contribution >= 0.6 is 0 Å². The number of benzene rings is 3. The molecule has 0 unspecified atom stereocenters. The maximum atomic E-state index is 13.3. The summed E-state index contributed by atoms with van der Waals surface area (Å²) in [7, 11) is 0. The molecule has 0 aliphatic carbocycles. The summed E-state index contributed by atoms with van der Waals surface area (Å²) in [6, 6.07) is 27.5. The van der Waals surface area contributed by atoms with Crippen molar-refractivity contribution < 1.29 is 9.59 Å². The van der Waals surface area contributed by atoms with Gasteiger partial charge in [0.2, 0.25) is 11.8 Å². The Labute approximate surface area is 184 Å². The highest BCUT2D eigenvalue weighted by atomic mass is 16.2. The van der Waals surface area contributed by atoms with Gasteiger partial charge >= 0.3 is 0 Å². The van der Waals surface area contributed by atoms with Crippen LogP contribution in [-0.4, -0.2) is 17.9 Å². The molecule has 4 heteroatoms. The minimum Gasteiger partial charge on any atom is -0.309 e. The van der Waals surface area contributed by atoms with E-state index in [9.17, 15) is 9.59 Å². The lowest BCUT2D eigenvalue weighted by Gasteiger charge is -2.43. The van der Waals surface area contributed by atoms with Gasteiger partial charge in [-0.25, -0.2) is 0 Å². The summed E-state index contributed by atoms with van der Waals surface area (Å²) in [6.45, 7) is 3.97. The van der Waals surface area contributed by atoms with E-state index in [0.29, 0.717) is 19.3 Å². The van der Waals surface area contributed by atoms with Crippen LogP contribution in [0, 0.1) is 0 Å². The van der Waals surface area contributed by atoms with Gasteiger partial charge in [0.05, 0.1) is 12.5 Å². The average molecular weight is 413 g/mol. The van der Waals surface area contributed by atoms with Crippen molar-refractivity contribution in [2.24, 2.45) is 0 Å². The predicted octanol–water partition coefficient (Wildman–Crippen LogP) is 5.54. The third-order valence-electron chi connectivity index (χ3n) is 5.94. The van der Waals surface area contributed by atoms with Gasteiger partial charge in [-0.1, -0.05) is 73.7 Å². The summed E-state index contributed by atoms with van der Waals surface area (Å²) in [4.78, 5) is 30.2. The fourth-order valence-corrected chi connectivity index (χ4v) is 4.52. The van der Waals surface area contributed by atoms with Crippen molar-refractivity contribution in [2.45, 2.75) is 45.2 Å². The smallest absolute Gasteiger partial charge is 0.231 e. The van der Waals surface area contributed by atoms with E-state index in [0.717, 1.165) is 22.5 Å². The van der Waals surface area contributed by atoms with Crippen LogP contribution in [-0.2, 0) is 16.0 Å². The van der Waals surface area contributed by atoms with Crippen LogP contribution in [0.2, 0.25) is 0 Å². The van der Waals surface area contributed by atoms with Crippen molar-refractivity contribution in [3.63, 3.8) is 0 Å². The number of fused-ring (bicyclic) bond motifs is 1. The second kappa shape index (κ2) is 9.17. The molecule has 0 saturated heterocycles. The Morgan fingerprint density at radius 3 is 2.19 bits per heavy atom. The fraction of sp³-hybridized carbons (Fsp3) is 0.259. The minimum atomic E-state index is -0.109. The molecule has 3 aromatic rings. The van der Waals surface area contributed by atoms with E-state index in [4.69, 9.17) is 0 Å². The average Bonchev–Trinajstić information content (AvgIpc) is 2.80. The van der Waals surface area contributed by atoms with Crippen molar-refractivity contribution in [1.29, 1.82) is 0 Å². The van der Waals surface area contributed by atoms with Gasteiger partial charge in [0, 0.05) is 23.8 Å². The van der Waals surface area contributed by atoms with Crippen LogP contribution in [0.3, 0.4) is 0 Å². The Morgan fingerprint density at radius 1 is 0.903 bits per heavy atom. The maximum absolute atomic E-state index is 13.3. The van der Waals surface area contributed by atoms with E-state index in [1.165, 1.54) is 0 Å². The number of carbonyl (C=O) groups is 2. The molecule has 0 saturated carbocycles. The number of rotatable bonds is 5. The van der Waals surface area contributed by atoms with Crippen molar-refractivity contribution in [2.75, 3.05) is 9.80 Å². The highest BCUT2D eigenvalue weighted by Gasteiger charge is 2.38. The third kappa shape index (κ3) is 4.24. The fourth-order valence-electron chi connectivity index (χ4n) is 4.52. The molecule has 2 amide bonds. The summed E-state index contributed by atoms with van der Waals surface area (Å²) in [5.41, 5.74) is 3.82. The molecule has 0 bridgehead atoms. The lowest BCUT2D eigenvalue weighted by molar-refractivity contribution is -0.118. The van der Waals surface area contributed by atoms with Gasteiger partial charge in [-0.3, -0.25) is 9.59 Å². The van der Waals surface area contributed by atoms with Crippen LogP contribution < -0.4 is 9.80 Å². The Balaban J connectivity index is 1.72. The van der Waals surface area contributed by atoms with Gasteiger partial charge in [0.25, 0.3) is 0 Å². The molecule has 0 radical (unpaired) electrons. The van der Waals surface area contributed by atoms with Crippen LogP contribution in [0.4, 0.5) is 11.4 Å². The molecule has 31 heavy (non-hydrogen) atoms. The third-order valence-corrected chi connectivity index (χ3v) is 5.94. The largest absolute Gasteiger partial charge is 0.309 e. The molecule has 4 nitrogen and oxygen atoms in total. The van der Waals surface area contributed by atoms with Crippen LogP contribution in [0.25, 0.3) is 0 Å². The molecule has 4 rings (SSSR count). The first-order valence-corrected chi connectivity index (χ1v) is 10.9. The highest BCUT2D eigenvalue weighted by molar-refractivity contribution is 5.98. The van der Waals surface area contributed by atoms with Crippen LogP contribution in [0.1, 0.15) is 43.9 Å². The number of para-hydroxylation sites is 2. The number of amides is 2. The minimum absolute atomic E-state index is 0.0213. The van der Waals surface area contributed by atoms with E-state index in [2.05, 4.69) is 6.92 Å². The summed E-state index contributed by atoms with van der Waals surface area (Å²) in [5, 5.41) is 0. The number of hydrogen-bond acceptors (Lipinski definition) is 2. The summed E-state index contributed by atoms with van der Waals surface area (Å²) < 4.78 is 0. The van der Waals surface area contributed by atoms with Gasteiger partial charge in [0.1, 0.15) is 0 Å². The first-order chi connectivity index (χ1) is 15.1. The van der Waals surface area contributed by atoms with E-state index < -0.39 is 0 Å². The van der Waals surface area contributed by atoms with Gasteiger partial charge < -0.3 is 9.80 Å². The van der Waals surface area contributed by atoms with E-state index in [-0.39, 0.29) is 23.9 Å². The summed E-state index contributed by atoms with van der Waals surface area (Å²) in [6.07, 6.45) is 1.48. The Morgan fingerprint density at radius 2 is 1.52 bits per heavy atom. The lowest BCUT2D eigenvalue weighted by Crippen LogP contribution is -2.48. The topological polar surface area (TPSA) is 40.6 Å². The quantitative estimate of drug-likeness (QED) is 0.552. The van der Waals surface area contributed by atoms with E-state index in [1.54, 1.807) is 0 Å². The molecule has 158 valence electrons. The molecular weight excluding hydrogens is 384 g/mol. The molecule has 0 fully saturated rings. The zero-order valence-electron chi connectivity index (χ0n) is 18.1. The maximum Gasteiger partial charge on any atom is 0.231 e. The lowest BCUT2D eigenvalue weighted by atomic mass is 9.89. The summed E-state index contributed by atoms with van der Waals surface area (Å²) >= 11 is 0. The van der Waals surface area contributed by atoms with Crippen molar-refractivity contribution in [3.05, 3.63) is 96.1 Å². The zero-order chi connectivity index (χ0) is 21.8. The van der Waals surface area contributed by atoms with E-state index >= 15 is 0 Å². The molecule has 3 aromatic carbocycles. The Hall–Kier alpha value is -3.40. The zero-order valence-corrected chi connectivity index (χ0v) is 18.1. The van der Waals surface area contributed by atoms with Crippen molar-refractivity contribution in [1.82, 2.24) is 0 Å². The number of nitrogens with zero attached hydrogens (tertiary/aromatic N) is 2. The van der Waals surface area contributed by atoms with E-state index in [1.807, 2.05) is 102 Å². The van der Waals surface area contributed by atoms with Crippen molar-refractivity contribution >= 4 is 23.2 Å². The SMILES string of the molecule is CCC(=O)N(c1ccccc1)[C@H]1C[C@H](C)N(C(=O)Cc2ccccc2)c2ccccc21. The molecule has 2 atom stereocenters. The van der Waals surface area contributed by atoms with Crippen LogP contribution in [0.15, 0.2) is 84.9 Å². The molecule has 0 N–H and O–H groups in total. The molecular formula is C27H28N2O2. The molecule has 1 heterocycles. The van der Waals surface area contributed by atoms with Crippen molar-refractivity contribution in [3.8, 4) is 0 Å². The number of carbonyl (C=O) groups excluding carboxylic acids is 2. The molecule has 0 spiro atoms. The second-order valence-electron chi connectivity index (χ2n) is 8.04. The van der Waals surface area contributed by atoms with Gasteiger partial charge in [-0.2, -0.15) is 0 Å². The second-order valence-corrected chi connectivity index (χ2v) is 8.04. The van der Waals surface area contributed by atoms with Gasteiger partial charge in [-0.05, 0) is 42.7 Å². The van der Waals surface area contributed by atoms with Gasteiger partial charge in [0.15, 0.2) is 0 Å². The predicted molar refractivity (Wildman–Crippen MR) is 125 cm³/mol. The standard InChI is InChI=1S/C27H28N2O2/c1-3-26(30)29(22-14-8-5-9-15-22)25-18-20(2)28(24-17-11-10-16-23(24)25)27(31)19-21-12-6-4-7-13-21/h4-17,20,25H,3,18-19H2,1-2H3/t20-,25-/m0/s1. The molecule has 1 aliphatic heterocycles. The first kappa shape index (κ1) is 20.9. The van der Waals surface area contributed by atoms with Gasteiger partial charge in [-0.15, -0.1) is 0 Å². The first-order valence-electron chi connectivity index (χ1n) is 10.9.